The molecule has 0 radical (unpaired) electrons. The van der Waals surface area contributed by atoms with E-state index in [4.69, 9.17) is 0 Å². The molecule has 1 atom stereocenters. The lowest BCUT2D eigenvalue weighted by molar-refractivity contribution is 0.0964. The third kappa shape index (κ3) is 5.93. The van der Waals surface area contributed by atoms with Crippen LogP contribution in [0.3, 0.4) is 0 Å². The summed E-state index contributed by atoms with van der Waals surface area (Å²) in [7, 11) is -2.23. The minimum Gasteiger partial charge on any atom is -0.341 e. The Bertz CT molecular complexity index is 1310. The van der Waals surface area contributed by atoms with Crippen molar-refractivity contribution in [3.8, 4) is 0 Å². The van der Waals surface area contributed by atoms with E-state index in [9.17, 15) is 22.8 Å². The van der Waals surface area contributed by atoms with E-state index in [0.29, 0.717) is 30.1 Å². The molecule has 1 unspecified atom stereocenters. The van der Waals surface area contributed by atoms with Gasteiger partial charge in [-0.1, -0.05) is 13.3 Å². The summed E-state index contributed by atoms with van der Waals surface area (Å²) in [4.78, 5) is 41.5. The molecule has 0 bridgehead atoms. The maximum atomic E-state index is 13.2. The Balaban J connectivity index is 1.57. The van der Waals surface area contributed by atoms with Crippen LogP contribution in [0.15, 0.2) is 29.2 Å². The highest BCUT2D eigenvalue weighted by molar-refractivity contribution is 7.89. The predicted molar refractivity (Wildman–Crippen MR) is 147 cm³/mol. The van der Waals surface area contributed by atoms with Crippen LogP contribution in [0, 0.1) is 0 Å². The number of hydrogen-bond donors (Lipinski definition) is 3. The Kier molecular flexibility index (Phi) is 8.86. The molecule has 0 saturated carbocycles. The smallest absolute Gasteiger partial charge is 0.321 e. The van der Waals surface area contributed by atoms with E-state index in [1.807, 2.05) is 6.92 Å². The largest absolute Gasteiger partial charge is 0.341 e. The molecule has 3 N–H and O–H groups in total. The fourth-order valence-electron chi connectivity index (χ4n) is 5.04. The summed E-state index contributed by atoms with van der Waals surface area (Å²) in [5, 5.41) is 7.90. The number of piperidine rings is 1. The monoisotopic (exact) mass is 561 g/mol. The van der Waals surface area contributed by atoms with Crippen LogP contribution < -0.4 is 16.0 Å². The average molecular weight is 562 g/mol. The molecule has 4 amide bonds. The highest BCUT2D eigenvalue weighted by Gasteiger charge is 2.32. The number of carbonyl (C=O) groups is 3. The van der Waals surface area contributed by atoms with Crippen molar-refractivity contribution in [2.45, 2.75) is 63.4 Å². The van der Waals surface area contributed by atoms with Gasteiger partial charge in [0.2, 0.25) is 10.0 Å². The van der Waals surface area contributed by atoms with Gasteiger partial charge in [-0.15, -0.1) is 11.3 Å². The van der Waals surface area contributed by atoms with E-state index in [1.54, 1.807) is 0 Å². The second-order valence-corrected chi connectivity index (χ2v) is 12.7. The normalized spacial score (nSPS) is 18.4. The molecule has 2 aliphatic rings. The first-order valence-electron chi connectivity index (χ1n) is 13.0. The third-order valence-corrected chi connectivity index (χ3v) is 10.2. The molecule has 12 heteroatoms. The Morgan fingerprint density at radius 2 is 1.82 bits per heavy atom. The summed E-state index contributed by atoms with van der Waals surface area (Å²) in [5.41, 5.74) is 1.42. The topological polar surface area (TPSA) is 128 Å². The van der Waals surface area contributed by atoms with Gasteiger partial charge in [-0.3, -0.25) is 19.8 Å². The fourth-order valence-corrected chi connectivity index (χ4v) is 8.02. The Morgan fingerprint density at radius 3 is 2.47 bits per heavy atom. The standard InChI is InChI=1S/C26H35N5O5S2/c1-4-13-30-15-12-20-21(16-30)37-25(22(20)24(33)29-26(34)27-3)28-23(32)18-8-10-19(11-9-18)38(35,36)31-14-6-5-7-17(31)2/h8-11,17H,4-7,12-16H2,1-3H3,(H,28,32)(H2,27,29,33,34). The van der Waals surface area contributed by atoms with Gasteiger partial charge < -0.3 is 10.6 Å². The predicted octanol–water partition coefficient (Wildman–Crippen LogP) is 3.40. The number of amides is 4. The van der Waals surface area contributed by atoms with Crippen LogP contribution in [0.1, 0.15) is 70.7 Å². The molecule has 38 heavy (non-hydrogen) atoms. The Morgan fingerprint density at radius 1 is 1.08 bits per heavy atom. The first-order valence-corrected chi connectivity index (χ1v) is 15.2. The first-order chi connectivity index (χ1) is 18.1. The van der Waals surface area contributed by atoms with Gasteiger partial charge in [-0.05, 0) is 69.0 Å². The Hall–Kier alpha value is -2.80. The van der Waals surface area contributed by atoms with Gasteiger partial charge in [-0.25, -0.2) is 13.2 Å². The van der Waals surface area contributed by atoms with E-state index in [-0.39, 0.29) is 16.5 Å². The number of nitrogens with zero attached hydrogens (tertiary/aromatic N) is 2. The molecule has 2 aromatic rings. The second-order valence-electron chi connectivity index (χ2n) is 9.71. The Labute approximate surface area is 227 Å². The van der Waals surface area contributed by atoms with Crippen LogP contribution in [0.25, 0.3) is 0 Å². The van der Waals surface area contributed by atoms with Crippen molar-refractivity contribution in [2.24, 2.45) is 0 Å². The number of nitrogens with one attached hydrogen (secondary N) is 3. The van der Waals surface area contributed by atoms with Crippen molar-refractivity contribution in [3.63, 3.8) is 0 Å². The van der Waals surface area contributed by atoms with Crippen molar-refractivity contribution in [3.05, 3.63) is 45.8 Å². The van der Waals surface area contributed by atoms with Gasteiger partial charge in [0.25, 0.3) is 11.8 Å². The number of sulfonamides is 1. The zero-order valence-corrected chi connectivity index (χ0v) is 23.6. The summed E-state index contributed by atoms with van der Waals surface area (Å²) in [6.45, 7) is 6.91. The molecular weight excluding hydrogens is 526 g/mol. The van der Waals surface area contributed by atoms with Gasteiger partial charge in [0.05, 0.1) is 10.5 Å². The van der Waals surface area contributed by atoms with E-state index < -0.39 is 27.9 Å². The zero-order valence-electron chi connectivity index (χ0n) is 22.0. The van der Waals surface area contributed by atoms with Gasteiger partial charge in [0.1, 0.15) is 5.00 Å². The van der Waals surface area contributed by atoms with E-state index in [1.165, 1.54) is 47.0 Å². The molecule has 1 aromatic heterocycles. The SMILES string of the molecule is CCCN1CCc2c(sc(NC(=O)c3ccc(S(=O)(=O)N4CCCCC4C)cc3)c2C(=O)NC(=O)NC)C1. The number of carbonyl (C=O) groups excluding carboxylic acids is 3. The van der Waals surface area contributed by atoms with Crippen LogP contribution in [0.5, 0.6) is 0 Å². The number of fused-ring (bicyclic) bond motifs is 1. The van der Waals surface area contributed by atoms with Crippen molar-refractivity contribution >= 4 is 44.2 Å². The second kappa shape index (κ2) is 11.9. The van der Waals surface area contributed by atoms with Crippen LogP contribution >= 0.6 is 11.3 Å². The molecule has 0 aliphatic carbocycles. The molecule has 4 rings (SSSR count). The van der Waals surface area contributed by atoms with Gasteiger partial charge in [-0.2, -0.15) is 4.31 Å². The maximum absolute atomic E-state index is 13.2. The number of imide groups is 1. The molecule has 0 spiro atoms. The number of benzene rings is 1. The lowest BCUT2D eigenvalue weighted by atomic mass is 10.0. The van der Waals surface area contributed by atoms with Crippen LogP contribution in [0.4, 0.5) is 9.80 Å². The van der Waals surface area contributed by atoms with Crippen molar-refractivity contribution in [1.82, 2.24) is 19.8 Å². The van der Waals surface area contributed by atoms with E-state index in [2.05, 4.69) is 27.8 Å². The number of urea groups is 1. The van der Waals surface area contributed by atoms with Crippen molar-refractivity contribution in [1.29, 1.82) is 0 Å². The minimum atomic E-state index is -3.65. The van der Waals surface area contributed by atoms with Crippen LogP contribution in [-0.4, -0.2) is 68.2 Å². The quantitative estimate of drug-likeness (QED) is 0.476. The summed E-state index contributed by atoms with van der Waals surface area (Å²) in [6.07, 6.45) is 4.33. The van der Waals surface area contributed by atoms with Crippen molar-refractivity contribution in [2.75, 3.05) is 32.0 Å². The van der Waals surface area contributed by atoms with Gasteiger partial charge >= 0.3 is 6.03 Å². The maximum Gasteiger partial charge on any atom is 0.321 e. The highest BCUT2D eigenvalue weighted by Crippen LogP contribution is 2.37. The summed E-state index contributed by atoms with van der Waals surface area (Å²) in [6, 6.07) is 5.18. The minimum absolute atomic E-state index is 0.0609. The fraction of sp³-hybridized carbons (Fsp3) is 0.500. The summed E-state index contributed by atoms with van der Waals surface area (Å²) >= 11 is 1.34. The number of rotatable bonds is 7. The number of anilines is 1. The lowest BCUT2D eigenvalue weighted by Crippen LogP contribution is -2.41. The molecule has 1 fully saturated rings. The number of hydrogen-bond acceptors (Lipinski definition) is 7. The molecule has 10 nitrogen and oxygen atoms in total. The molecule has 1 saturated heterocycles. The van der Waals surface area contributed by atoms with Crippen molar-refractivity contribution < 1.29 is 22.8 Å². The summed E-state index contributed by atoms with van der Waals surface area (Å²) in [5.74, 6) is -1.03. The molecule has 3 heterocycles. The molecule has 206 valence electrons. The first kappa shape index (κ1) is 28.2. The lowest BCUT2D eigenvalue weighted by Gasteiger charge is -2.32. The molecule has 2 aliphatic heterocycles. The third-order valence-electron chi connectivity index (χ3n) is 7.05. The molecule has 1 aromatic carbocycles. The zero-order chi connectivity index (χ0) is 27.4. The highest BCUT2D eigenvalue weighted by atomic mass is 32.2. The summed E-state index contributed by atoms with van der Waals surface area (Å²) < 4.78 is 27.8. The average Bonchev–Trinajstić information content (AvgIpc) is 3.26. The van der Waals surface area contributed by atoms with E-state index in [0.717, 1.165) is 49.2 Å². The van der Waals surface area contributed by atoms with Crippen LogP contribution in [0.2, 0.25) is 0 Å². The molecular formula is C26H35N5O5S2. The van der Waals surface area contributed by atoms with E-state index >= 15 is 0 Å². The van der Waals surface area contributed by atoms with Gasteiger partial charge in [0.15, 0.2) is 0 Å². The van der Waals surface area contributed by atoms with Crippen LogP contribution in [-0.2, 0) is 23.0 Å². The number of thiophene rings is 1. The van der Waals surface area contributed by atoms with Gasteiger partial charge in [0, 0.05) is 43.2 Å².